The van der Waals surface area contributed by atoms with Crippen LogP contribution in [0, 0.1) is 0 Å². The zero-order chi connectivity index (χ0) is 11.0. The second-order valence-electron chi connectivity index (χ2n) is 2.89. The maximum Gasteiger partial charge on any atom is 0.335 e. The predicted molar refractivity (Wildman–Crippen MR) is 57.3 cm³/mol. The molecule has 0 saturated carbocycles. The first kappa shape index (κ1) is 9.85. The molecular weight excluding hydrogens is 264 g/mol. The van der Waals surface area contributed by atoms with E-state index in [-0.39, 0.29) is 11.1 Å². The first-order chi connectivity index (χ1) is 7.09. The molecule has 0 unspecified atom stereocenters. The van der Waals surface area contributed by atoms with Gasteiger partial charge in [0.15, 0.2) is 0 Å². The quantitative estimate of drug-likeness (QED) is 0.845. The van der Waals surface area contributed by atoms with Crippen LogP contribution in [0.1, 0.15) is 10.4 Å². The molecule has 0 aliphatic heterocycles. The number of hydrogen-bond donors (Lipinski definition) is 1. The monoisotopic (exact) mass is 268 g/mol. The Balaban J connectivity index is 2.81. The van der Waals surface area contributed by atoms with Crippen LogP contribution in [-0.2, 0) is 0 Å². The van der Waals surface area contributed by atoms with Crippen LogP contribution in [0.15, 0.2) is 29.2 Å². The molecule has 0 aliphatic carbocycles. The molecule has 1 aromatic carbocycles. The van der Waals surface area contributed by atoms with Crippen molar-refractivity contribution in [1.29, 1.82) is 0 Å². The van der Waals surface area contributed by atoms with Crippen LogP contribution in [-0.4, -0.2) is 19.7 Å². The van der Waals surface area contributed by atoms with Crippen molar-refractivity contribution in [2.75, 3.05) is 0 Å². The highest BCUT2D eigenvalue weighted by Crippen LogP contribution is 2.13. The summed E-state index contributed by atoms with van der Waals surface area (Å²) in [5.74, 6) is -1.02. The zero-order valence-corrected chi connectivity index (χ0v) is 8.93. The van der Waals surface area contributed by atoms with Gasteiger partial charge in [-0.25, -0.2) is 13.4 Å². The van der Waals surface area contributed by atoms with Crippen LogP contribution in [0.5, 0.6) is 0 Å². The van der Waals surface area contributed by atoms with Gasteiger partial charge in [-0.3, -0.25) is 4.79 Å². The number of fused-ring (bicyclic) bond motifs is 1. The van der Waals surface area contributed by atoms with Crippen LogP contribution < -0.4 is 5.56 Å². The SMILES string of the molecule is O=C(O)c1ccc2c(c1)ncc(=O)n2Br. The molecule has 0 amide bonds. The summed E-state index contributed by atoms with van der Waals surface area (Å²) in [6.45, 7) is 0. The van der Waals surface area contributed by atoms with Crippen molar-refractivity contribution in [3.05, 3.63) is 40.3 Å². The van der Waals surface area contributed by atoms with Crippen molar-refractivity contribution >= 4 is 33.1 Å². The van der Waals surface area contributed by atoms with Gasteiger partial charge in [-0.1, -0.05) is 0 Å². The molecule has 0 aliphatic rings. The van der Waals surface area contributed by atoms with Crippen LogP contribution in [0.3, 0.4) is 0 Å². The molecule has 5 nitrogen and oxygen atoms in total. The van der Waals surface area contributed by atoms with Crippen LogP contribution >= 0.6 is 16.1 Å². The van der Waals surface area contributed by atoms with Crippen molar-refractivity contribution < 1.29 is 9.90 Å². The number of carbonyl (C=O) groups is 1. The van der Waals surface area contributed by atoms with Gasteiger partial charge in [0.2, 0.25) is 0 Å². The second-order valence-corrected chi connectivity index (χ2v) is 3.60. The summed E-state index contributed by atoms with van der Waals surface area (Å²) in [4.78, 5) is 25.7. The van der Waals surface area contributed by atoms with E-state index in [0.29, 0.717) is 11.0 Å². The van der Waals surface area contributed by atoms with Crippen LogP contribution in [0.2, 0.25) is 0 Å². The minimum Gasteiger partial charge on any atom is -0.478 e. The minimum atomic E-state index is -1.02. The lowest BCUT2D eigenvalue weighted by Gasteiger charge is -2.01. The first-order valence-electron chi connectivity index (χ1n) is 4.01. The summed E-state index contributed by atoms with van der Waals surface area (Å²) in [5, 5.41) is 8.76. The summed E-state index contributed by atoms with van der Waals surface area (Å²) < 4.78 is 1.24. The van der Waals surface area contributed by atoms with E-state index in [1.54, 1.807) is 0 Å². The number of carboxylic acids is 1. The van der Waals surface area contributed by atoms with Gasteiger partial charge in [0.25, 0.3) is 5.56 Å². The number of nitrogens with zero attached hydrogens (tertiary/aromatic N) is 2. The van der Waals surface area contributed by atoms with Crippen molar-refractivity contribution in [2.45, 2.75) is 0 Å². The van der Waals surface area contributed by atoms with Gasteiger partial charge in [0.1, 0.15) is 0 Å². The zero-order valence-electron chi connectivity index (χ0n) is 7.35. The number of benzene rings is 1. The normalized spacial score (nSPS) is 10.5. The van der Waals surface area contributed by atoms with Crippen LogP contribution in [0.25, 0.3) is 11.0 Å². The number of aromatic carboxylic acids is 1. The minimum absolute atomic E-state index is 0.140. The Morgan fingerprint density at radius 2 is 2.20 bits per heavy atom. The third-order valence-electron chi connectivity index (χ3n) is 1.94. The highest BCUT2D eigenvalue weighted by atomic mass is 79.9. The molecule has 0 spiro atoms. The maximum absolute atomic E-state index is 11.2. The van der Waals surface area contributed by atoms with E-state index in [4.69, 9.17) is 5.11 Å². The van der Waals surface area contributed by atoms with E-state index in [1.807, 2.05) is 0 Å². The van der Waals surface area contributed by atoms with Gasteiger partial charge >= 0.3 is 5.97 Å². The predicted octanol–water partition coefficient (Wildman–Crippen LogP) is 1.25. The number of aromatic nitrogens is 2. The molecule has 0 atom stereocenters. The molecule has 6 heteroatoms. The molecule has 0 radical (unpaired) electrons. The van der Waals surface area contributed by atoms with Gasteiger partial charge < -0.3 is 5.11 Å². The summed E-state index contributed by atoms with van der Waals surface area (Å²) in [6.07, 6.45) is 1.13. The number of halogens is 1. The molecule has 1 heterocycles. The van der Waals surface area contributed by atoms with Crippen LogP contribution in [0.4, 0.5) is 0 Å². The fourth-order valence-corrected chi connectivity index (χ4v) is 1.61. The second kappa shape index (κ2) is 3.47. The van der Waals surface area contributed by atoms with Gasteiger partial charge in [0, 0.05) is 0 Å². The standard InChI is InChI=1S/C9H5BrN2O3/c10-12-7-2-1-5(9(14)15)3-6(7)11-4-8(12)13/h1-4H,(H,14,15). The van der Waals surface area contributed by atoms with Gasteiger partial charge in [-0.2, -0.15) is 0 Å². The van der Waals surface area contributed by atoms with Gasteiger partial charge in [-0.05, 0) is 18.2 Å². The fraction of sp³-hybridized carbons (Fsp3) is 0. The first-order valence-corrected chi connectivity index (χ1v) is 4.72. The van der Waals surface area contributed by atoms with E-state index in [2.05, 4.69) is 21.1 Å². The van der Waals surface area contributed by atoms with Crippen molar-refractivity contribution in [2.24, 2.45) is 0 Å². The van der Waals surface area contributed by atoms with E-state index in [1.165, 1.54) is 21.8 Å². The molecule has 0 saturated heterocycles. The highest BCUT2D eigenvalue weighted by Gasteiger charge is 2.06. The van der Waals surface area contributed by atoms with Crippen molar-refractivity contribution in [3.8, 4) is 0 Å². The Hall–Kier alpha value is -1.69. The molecule has 15 heavy (non-hydrogen) atoms. The Bertz CT molecular complexity index is 606. The lowest BCUT2D eigenvalue weighted by Crippen LogP contribution is -2.12. The summed E-state index contributed by atoms with van der Waals surface area (Å²) in [7, 11) is 0. The number of carboxylic acid groups (broad SMARTS) is 1. The van der Waals surface area contributed by atoms with Gasteiger partial charge in [0.05, 0.1) is 38.9 Å². The topological polar surface area (TPSA) is 72.2 Å². The summed E-state index contributed by atoms with van der Waals surface area (Å²) in [6, 6.07) is 4.36. The molecule has 2 rings (SSSR count). The van der Waals surface area contributed by atoms with Crippen molar-refractivity contribution in [3.63, 3.8) is 0 Å². The van der Waals surface area contributed by atoms with Crippen molar-refractivity contribution in [1.82, 2.24) is 8.58 Å². The van der Waals surface area contributed by atoms with Gasteiger partial charge in [-0.15, -0.1) is 0 Å². The third kappa shape index (κ3) is 1.63. The smallest absolute Gasteiger partial charge is 0.335 e. The average Bonchev–Trinajstić information content (AvgIpc) is 2.23. The molecule has 0 bridgehead atoms. The lowest BCUT2D eigenvalue weighted by molar-refractivity contribution is 0.0697. The molecular formula is C9H5BrN2O3. The fourth-order valence-electron chi connectivity index (χ4n) is 1.22. The third-order valence-corrected chi connectivity index (χ3v) is 2.67. The Morgan fingerprint density at radius 3 is 2.87 bits per heavy atom. The Labute approximate surface area is 92.3 Å². The van der Waals surface area contributed by atoms with E-state index >= 15 is 0 Å². The van der Waals surface area contributed by atoms with E-state index in [0.717, 1.165) is 6.20 Å². The number of hydrogen-bond acceptors (Lipinski definition) is 3. The Kier molecular flexibility index (Phi) is 2.28. The molecule has 2 aromatic rings. The largest absolute Gasteiger partial charge is 0.478 e. The average molecular weight is 269 g/mol. The lowest BCUT2D eigenvalue weighted by atomic mass is 10.2. The summed E-state index contributed by atoms with van der Waals surface area (Å²) >= 11 is 3.06. The summed E-state index contributed by atoms with van der Waals surface area (Å²) in [5.41, 5.74) is 0.825. The number of rotatable bonds is 1. The van der Waals surface area contributed by atoms with E-state index in [9.17, 15) is 9.59 Å². The molecule has 76 valence electrons. The maximum atomic E-state index is 11.2. The van der Waals surface area contributed by atoms with E-state index < -0.39 is 5.97 Å². The molecule has 1 N–H and O–H groups in total. The Morgan fingerprint density at radius 1 is 1.47 bits per heavy atom. The molecule has 0 fully saturated rings. The highest BCUT2D eigenvalue weighted by molar-refractivity contribution is 9.08. The molecule has 1 aromatic heterocycles.